The summed E-state index contributed by atoms with van der Waals surface area (Å²) in [6.07, 6.45) is 1.14. The Labute approximate surface area is 180 Å². The first kappa shape index (κ1) is 22.2. The number of carbonyl (C=O) groups excluding carboxylic acids is 2. The van der Waals surface area contributed by atoms with Gasteiger partial charge in [-0.05, 0) is 44.2 Å². The number of rotatable bonds is 7. The molecule has 0 aliphatic heterocycles. The predicted octanol–water partition coefficient (Wildman–Crippen LogP) is 2.54. The normalized spacial score (nSPS) is 11.2. The van der Waals surface area contributed by atoms with E-state index in [0.29, 0.717) is 11.4 Å². The third-order valence-electron chi connectivity index (χ3n) is 4.50. The number of aromatic nitrogens is 2. The Kier molecular flexibility index (Phi) is 6.55. The second-order valence-corrected chi connectivity index (χ2v) is 8.96. The third-order valence-corrected chi connectivity index (χ3v) is 5.63. The Morgan fingerprint density at radius 2 is 1.71 bits per heavy atom. The first-order valence-electron chi connectivity index (χ1n) is 9.60. The number of hydrogen-bond acceptors (Lipinski definition) is 6. The van der Waals surface area contributed by atoms with E-state index in [2.05, 4.69) is 10.4 Å². The number of hydrogen-bond donors (Lipinski definition) is 1. The molecule has 3 aromatic rings. The largest absolute Gasteiger partial charge is 0.465 e. The molecule has 9 heteroatoms. The van der Waals surface area contributed by atoms with Crippen molar-refractivity contribution in [2.45, 2.75) is 18.7 Å². The zero-order valence-electron chi connectivity index (χ0n) is 17.5. The highest BCUT2D eigenvalue weighted by Gasteiger charge is 2.18. The number of nitrogens with zero attached hydrogens (tertiary/aromatic N) is 2. The van der Waals surface area contributed by atoms with Gasteiger partial charge in [0.15, 0.2) is 15.5 Å². The van der Waals surface area contributed by atoms with Crippen LogP contribution in [0.1, 0.15) is 23.0 Å². The maximum absolute atomic E-state index is 12.5. The number of esters is 1. The quantitative estimate of drug-likeness (QED) is 0.565. The molecule has 1 heterocycles. The van der Waals surface area contributed by atoms with Crippen molar-refractivity contribution in [2.75, 3.05) is 19.4 Å². The van der Waals surface area contributed by atoms with E-state index in [1.165, 1.54) is 12.1 Å². The smallest absolute Gasteiger partial charge is 0.325 e. The summed E-state index contributed by atoms with van der Waals surface area (Å²) in [5.74, 6) is -1.06. The van der Waals surface area contributed by atoms with E-state index in [1.807, 2.05) is 31.2 Å². The van der Waals surface area contributed by atoms with E-state index < -0.39 is 21.7 Å². The molecule has 1 N–H and O–H groups in total. The molecule has 3 rings (SSSR count). The van der Waals surface area contributed by atoms with Crippen LogP contribution in [0.25, 0.3) is 16.9 Å². The van der Waals surface area contributed by atoms with Gasteiger partial charge in [-0.15, -0.1) is 0 Å². The predicted molar refractivity (Wildman–Crippen MR) is 116 cm³/mol. The lowest BCUT2D eigenvalue weighted by Gasteiger charge is -2.09. The fraction of sp³-hybridized carbons (Fsp3) is 0.227. The van der Waals surface area contributed by atoms with Gasteiger partial charge in [0.05, 0.1) is 22.9 Å². The number of nitrogens with one attached hydrogen (secondary N) is 1. The number of carbonyl (C=O) groups is 2. The second-order valence-electron chi connectivity index (χ2n) is 6.95. The molecule has 0 fully saturated rings. The molecule has 0 aliphatic rings. The fourth-order valence-corrected chi connectivity index (χ4v) is 3.54. The summed E-state index contributed by atoms with van der Waals surface area (Å²) in [6, 6.07) is 15.6. The molecule has 0 saturated heterocycles. The number of benzene rings is 2. The summed E-state index contributed by atoms with van der Waals surface area (Å²) < 4.78 is 29.9. The lowest BCUT2D eigenvalue weighted by molar-refractivity contribution is -0.141. The maximum atomic E-state index is 12.5. The lowest BCUT2D eigenvalue weighted by atomic mass is 10.1. The van der Waals surface area contributed by atoms with Gasteiger partial charge in [-0.3, -0.25) is 9.59 Å². The fourth-order valence-electron chi connectivity index (χ4n) is 2.91. The highest BCUT2D eigenvalue weighted by molar-refractivity contribution is 7.90. The lowest BCUT2D eigenvalue weighted by Crippen LogP contribution is -2.31. The number of aryl methyl sites for hydroxylation is 1. The summed E-state index contributed by atoms with van der Waals surface area (Å²) in [4.78, 5) is 24.3. The number of amides is 1. The van der Waals surface area contributed by atoms with Crippen LogP contribution in [0.4, 0.5) is 0 Å². The first-order valence-corrected chi connectivity index (χ1v) is 11.5. The van der Waals surface area contributed by atoms with Crippen molar-refractivity contribution in [3.05, 3.63) is 65.9 Å². The Balaban J connectivity index is 1.99. The SMILES string of the molecule is CCOC(=O)CNC(=O)c1cc(-c2ccc(C)cc2)n(-c2ccc(S(C)(=O)=O)cc2)n1. The Morgan fingerprint density at radius 3 is 2.29 bits per heavy atom. The second kappa shape index (κ2) is 9.13. The number of sulfone groups is 1. The monoisotopic (exact) mass is 441 g/mol. The molecule has 2 aromatic carbocycles. The Bertz CT molecular complexity index is 1200. The molecular weight excluding hydrogens is 418 g/mol. The molecule has 0 atom stereocenters. The minimum Gasteiger partial charge on any atom is -0.465 e. The van der Waals surface area contributed by atoms with Crippen LogP contribution < -0.4 is 5.32 Å². The van der Waals surface area contributed by atoms with E-state index in [9.17, 15) is 18.0 Å². The third kappa shape index (κ3) is 5.37. The van der Waals surface area contributed by atoms with Crippen LogP contribution in [0.5, 0.6) is 0 Å². The van der Waals surface area contributed by atoms with Crippen LogP contribution in [0.3, 0.4) is 0 Å². The highest BCUT2D eigenvalue weighted by Crippen LogP contribution is 2.25. The molecular formula is C22H23N3O5S. The van der Waals surface area contributed by atoms with Gasteiger partial charge in [0.25, 0.3) is 5.91 Å². The molecule has 8 nitrogen and oxygen atoms in total. The molecule has 1 amide bonds. The minimum absolute atomic E-state index is 0.118. The van der Waals surface area contributed by atoms with Crippen LogP contribution in [-0.4, -0.2) is 49.5 Å². The maximum Gasteiger partial charge on any atom is 0.325 e. The van der Waals surface area contributed by atoms with Gasteiger partial charge in [-0.1, -0.05) is 29.8 Å². The van der Waals surface area contributed by atoms with Crippen molar-refractivity contribution in [2.24, 2.45) is 0 Å². The van der Waals surface area contributed by atoms with Crippen molar-refractivity contribution in [1.29, 1.82) is 0 Å². The molecule has 0 radical (unpaired) electrons. The average Bonchev–Trinajstić information content (AvgIpc) is 3.18. The van der Waals surface area contributed by atoms with Crippen molar-refractivity contribution in [1.82, 2.24) is 15.1 Å². The van der Waals surface area contributed by atoms with Crippen molar-refractivity contribution < 1.29 is 22.7 Å². The van der Waals surface area contributed by atoms with Gasteiger partial charge in [0.2, 0.25) is 0 Å². The molecule has 0 unspecified atom stereocenters. The molecule has 0 spiro atoms. The van der Waals surface area contributed by atoms with Crippen molar-refractivity contribution >= 4 is 21.7 Å². The number of ether oxygens (including phenoxy) is 1. The summed E-state index contributed by atoms with van der Waals surface area (Å²) in [7, 11) is -3.33. The van der Waals surface area contributed by atoms with Crippen LogP contribution >= 0.6 is 0 Å². The topological polar surface area (TPSA) is 107 Å². The van der Waals surface area contributed by atoms with Gasteiger partial charge in [-0.25, -0.2) is 13.1 Å². The zero-order chi connectivity index (χ0) is 22.6. The summed E-state index contributed by atoms with van der Waals surface area (Å²) >= 11 is 0. The molecule has 31 heavy (non-hydrogen) atoms. The van der Waals surface area contributed by atoms with E-state index in [1.54, 1.807) is 29.8 Å². The Morgan fingerprint density at radius 1 is 1.06 bits per heavy atom. The minimum atomic E-state index is -3.33. The van der Waals surface area contributed by atoms with Crippen LogP contribution in [-0.2, 0) is 19.4 Å². The van der Waals surface area contributed by atoms with Crippen molar-refractivity contribution in [3.63, 3.8) is 0 Å². The van der Waals surface area contributed by atoms with E-state index in [-0.39, 0.29) is 23.7 Å². The van der Waals surface area contributed by atoms with Gasteiger partial charge in [-0.2, -0.15) is 5.10 Å². The van der Waals surface area contributed by atoms with Crippen LogP contribution in [0.15, 0.2) is 59.5 Å². The van der Waals surface area contributed by atoms with Crippen LogP contribution in [0.2, 0.25) is 0 Å². The van der Waals surface area contributed by atoms with Gasteiger partial charge < -0.3 is 10.1 Å². The standard InChI is InChI=1S/C22H23N3O5S/c1-4-30-21(26)14-23-22(27)19-13-20(16-7-5-15(2)6-8-16)25(24-19)17-9-11-18(12-10-17)31(3,28)29/h5-13H,4,14H2,1-3H3,(H,23,27). The highest BCUT2D eigenvalue weighted by atomic mass is 32.2. The van der Waals surface area contributed by atoms with E-state index in [0.717, 1.165) is 17.4 Å². The van der Waals surface area contributed by atoms with Gasteiger partial charge >= 0.3 is 5.97 Å². The molecule has 162 valence electrons. The average molecular weight is 442 g/mol. The summed E-state index contributed by atoms with van der Waals surface area (Å²) in [6.45, 7) is 3.62. The molecule has 0 saturated carbocycles. The van der Waals surface area contributed by atoms with Gasteiger partial charge in [0, 0.05) is 11.8 Å². The molecule has 0 bridgehead atoms. The summed E-state index contributed by atoms with van der Waals surface area (Å²) in [5, 5.41) is 6.89. The van der Waals surface area contributed by atoms with E-state index in [4.69, 9.17) is 4.74 Å². The zero-order valence-corrected chi connectivity index (χ0v) is 18.3. The summed E-state index contributed by atoms with van der Waals surface area (Å²) in [5.41, 5.74) is 3.27. The van der Waals surface area contributed by atoms with E-state index >= 15 is 0 Å². The Hall–Kier alpha value is -3.46. The molecule has 0 aliphatic carbocycles. The van der Waals surface area contributed by atoms with Crippen molar-refractivity contribution in [3.8, 4) is 16.9 Å². The first-order chi connectivity index (χ1) is 14.7. The van der Waals surface area contributed by atoms with Gasteiger partial charge in [0.1, 0.15) is 6.54 Å². The molecule has 1 aromatic heterocycles. The van der Waals surface area contributed by atoms with Crippen LogP contribution in [0, 0.1) is 6.92 Å².